The lowest BCUT2D eigenvalue weighted by Gasteiger charge is -2.15. The second-order valence-corrected chi connectivity index (χ2v) is 2.00. The summed E-state index contributed by atoms with van der Waals surface area (Å²) in [5.74, 6) is 1.35. The molecular weight excluding hydrogens is 178 g/mol. The van der Waals surface area contributed by atoms with E-state index in [1.165, 1.54) is 0 Å². The molecule has 3 nitrogen and oxygen atoms in total. The number of rotatable bonds is 0. The van der Waals surface area contributed by atoms with Gasteiger partial charge in [-0.25, -0.2) is 4.98 Å². The predicted octanol–water partition coefficient (Wildman–Crippen LogP) is 2.91. The van der Waals surface area contributed by atoms with E-state index in [1.54, 1.807) is 6.20 Å². The molecule has 0 atom stereocenters. The number of hydrogen-bond donors (Lipinski definition) is 0. The molecule has 0 bridgehead atoms. The minimum atomic E-state index is 0.601. The molecule has 3 heteroatoms. The zero-order valence-electron chi connectivity index (χ0n) is 9.41. The monoisotopic (exact) mass is 197 g/mol. The first-order valence-electron chi connectivity index (χ1n) is 5.17. The number of ether oxygens (including phenoxy) is 2. The van der Waals surface area contributed by atoms with Crippen LogP contribution in [-0.4, -0.2) is 18.2 Å². The minimum Gasteiger partial charge on any atom is -0.484 e. The van der Waals surface area contributed by atoms with Crippen LogP contribution in [0.15, 0.2) is 18.3 Å². The summed E-state index contributed by atoms with van der Waals surface area (Å²) in [6.07, 6.45) is 1.69. The Labute approximate surface area is 86.1 Å². The highest BCUT2D eigenvalue weighted by molar-refractivity contribution is 5.33. The normalized spacial score (nSPS) is 11.4. The van der Waals surface area contributed by atoms with Gasteiger partial charge in [-0.2, -0.15) is 0 Å². The van der Waals surface area contributed by atoms with Crippen molar-refractivity contribution >= 4 is 0 Å². The van der Waals surface area contributed by atoms with Crippen LogP contribution in [0.4, 0.5) is 0 Å². The first-order valence-corrected chi connectivity index (χ1v) is 5.17. The Morgan fingerprint density at radius 3 is 2.36 bits per heavy atom. The van der Waals surface area contributed by atoms with Crippen LogP contribution < -0.4 is 9.47 Å². The molecule has 80 valence electrons. The number of fused-ring (bicyclic) bond motifs is 1. The molecule has 0 aliphatic carbocycles. The van der Waals surface area contributed by atoms with Gasteiger partial charge in [0.1, 0.15) is 13.2 Å². The Morgan fingerprint density at radius 2 is 1.71 bits per heavy atom. The molecule has 0 N–H and O–H groups in total. The maximum absolute atomic E-state index is 5.24. The van der Waals surface area contributed by atoms with Gasteiger partial charge in [-0.15, -0.1) is 0 Å². The highest BCUT2D eigenvalue weighted by Gasteiger charge is 2.09. The summed E-state index contributed by atoms with van der Waals surface area (Å²) in [7, 11) is 0. The lowest BCUT2D eigenvalue weighted by molar-refractivity contribution is 0.164. The quantitative estimate of drug-likeness (QED) is 0.640. The molecule has 14 heavy (non-hydrogen) atoms. The molecule has 2 rings (SSSR count). The SMILES string of the molecule is CC.CC.c1cnc2c(c1)OCCO2. The Bertz CT molecular complexity index is 213. The molecule has 0 spiro atoms. The average Bonchev–Trinajstić information content (AvgIpc) is 2.34. The maximum Gasteiger partial charge on any atom is 0.257 e. The lowest BCUT2D eigenvalue weighted by atomic mass is 10.4. The highest BCUT2D eigenvalue weighted by Crippen LogP contribution is 2.25. The van der Waals surface area contributed by atoms with Crippen LogP contribution in [-0.2, 0) is 0 Å². The molecule has 1 aromatic heterocycles. The number of nitrogens with zero attached hydrogens (tertiary/aromatic N) is 1. The second kappa shape index (κ2) is 8.35. The van der Waals surface area contributed by atoms with Gasteiger partial charge in [0.05, 0.1) is 0 Å². The molecule has 0 aromatic carbocycles. The summed E-state index contributed by atoms with van der Waals surface area (Å²) in [5, 5.41) is 0. The van der Waals surface area contributed by atoms with Gasteiger partial charge in [-0.05, 0) is 12.1 Å². The van der Waals surface area contributed by atoms with Crippen LogP contribution in [0.2, 0.25) is 0 Å². The van der Waals surface area contributed by atoms with Crippen molar-refractivity contribution in [2.24, 2.45) is 0 Å². The van der Waals surface area contributed by atoms with E-state index in [2.05, 4.69) is 4.98 Å². The van der Waals surface area contributed by atoms with Crippen LogP contribution in [0.5, 0.6) is 11.6 Å². The topological polar surface area (TPSA) is 31.4 Å². The first-order chi connectivity index (χ1) is 6.97. The van der Waals surface area contributed by atoms with Gasteiger partial charge in [0, 0.05) is 6.20 Å². The summed E-state index contributed by atoms with van der Waals surface area (Å²) in [4.78, 5) is 3.97. The molecule has 0 saturated heterocycles. The van der Waals surface area contributed by atoms with E-state index < -0.39 is 0 Å². The Hall–Kier alpha value is -1.25. The molecule has 0 saturated carbocycles. The fourth-order valence-electron chi connectivity index (χ4n) is 0.884. The first kappa shape index (κ1) is 12.8. The third kappa shape index (κ3) is 3.64. The predicted molar refractivity (Wildman–Crippen MR) is 57.9 cm³/mol. The summed E-state index contributed by atoms with van der Waals surface area (Å²) < 4.78 is 10.4. The summed E-state index contributed by atoms with van der Waals surface area (Å²) >= 11 is 0. The van der Waals surface area contributed by atoms with Crippen LogP contribution in [0, 0.1) is 0 Å². The number of aromatic nitrogens is 1. The van der Waals surface area contributed by atoms with Gasteiger partial charge >= 0.3 is 0 Å². The van der Waals surface area contributed by atoms with E-state index in [-0.39, 0.29) is 0 Å². The maximum atomic E-state index is 5.24. The summed E-state index contributed by atoms with van der Waals surface area (Å²) in [6.45, 7) is 9.22. The van der Waals surface area contributed by atoms with Crippen molar-refractivity contribution in [3.8, 4) is 11.6 Å². The third-order valence-electron chi connectivity index (χ3n) is 1.32. The zero-order chi connectivity index (χ0) is 10.8. The van der Waals surface area contributed by atoms with Gasteiger partial charge in [-0.1, -0.05) is 27.7 Å². The van der Waals surface area contributed by atoms with Crippen molar-refractivity contribution < 1.29 is 9.47 Å². The van der Waals surface area contributed by atoms with E-state index in [0.29, 0.717) is 19.1 Å². The van der Waals surface area contributed by atoms with Crippen LogP contribution in [0.1, 0.15) is 27.7 Å². The summed E-state index contributed by atoms with van der Waals surface area (Å²) in [6, 6.07) is 3.68. The van der Waals surface area contributed by atoms with Crippen LogP contribution in [0.3, 0.4) is 0 Å². The lowest BCUT2D eigenvalue weighted by Crippen LogP contribution is -2.15. The van der Waals surface area contributed by atoms with E-state index in [0.717, 1.165) is 5.75 Å². The molecule has 1 aliphatic heterocycles. The average molecular weight is 197 g/mol. The van der Waals surface area contributed by atoms with E-state index in [1.807, 2.05) is 39.8 Å². The Morgan fingerprint density at radius 1 is 1.07 bits per heavy atom. The molecule has 2 heterocycles. The molecule has 0 unspecified atom stereocenters. The zero-order valence-corrected chi connectivity index (χ0v) is 9.41. The van der Waals surface area contributed by atoms with Crippen molar-refractivity contribution in [2.45, 2.75) is 27.7 Å². The molecule has 0 fully saturated rings. The van der Waals surface area contributed by atoms with Crippen LogP contribution in [0.25, 0.3) is 0 Å². The van der Waals surface area contributed by atoms with Crippen LogP contribution >= 0.6 is 0 Å². The fourth-order valence-corrected chi connectivity index (χ4v) is 0.884. The Balaban J connectivity index is 0.000000379. The molecule has 0 radical (unpaired) electrons. The van der Waals surface area contributed by atoms with E-state index in [9.17, 15) is 0 Å². The largest absolute Gasteiger partial charge is 0.484 e. The molecule has 0 amide bonds. The smallest absolute Gasteiger partial charge is 0.257 e. The van der Waals surface area contributed by atoms with Crippen molar-refractivity contribution in [3.05, 3.63) is 18.3 Å². The number of pyridine rings is 1. The van der Waals surface area contributed by atoms with Gasteiger partial charge in [0.15, 0.2) is 5.75 Å². The second-order valence-electron chi connectivity index (χ2n) is 2.00. The Kier molecular flexibility index (Phi) is 7.61. The van der Waals surface area contributed by atoms with Gasteiger partial charge in [0.25, 0.3) is 5.88 Å². The van der Waals surface area contributed by atoms with E-state index >= 15 is 0 Å². The molecular formula is C11H19NO2. The third-order valence-corrected chi connectivity index (χ3v) is 1.32. The molecule has 1 aromatic rings. The van der Waals surface area contributed by atoms with Gasteiger partial charge in [0.2, 0.25) is 0 Å². The summed E-state index contributed by atoms with van der Waals surface area (Å²) in [5.41, 5.74) is 0. The highest BCUT2D eigenvalue weighted by atomic mass is 16.6. The van der Waals surface area contributed by atoms with Gasteiger partial charge < -0.3 is 9.47 Å². The minimum absolute atomic E-state index is 0.601. The van der Waals surface area contributed by atoms with E-state index in [4.69, 9.17) is 9.47 Å². The van der Waals surface area contributed by atoms with Crippen molar-refractivity contribution in [3.63, 3.8) is 0 Å². The number of hydrogen-bond acceptors (Lipinski definition) is 3. The molecule has 1 aliphatic rings. The fraction of sp³-hybridized carbons (Fsp3) is 0.545. The van der Waals surface area contributed by atoms with Crippen molar-refractivity contribution in [1.29, 1.82) is 0 Å². The van der Waals surface area contributed by atoms with Gasteiger partial charge in [-0.3, -0.25) is 0 Å². The van der Waals surface area contributed by atoms with Crippen molar-refractivity contribution in [1.82, 2.24) is 4.98 Å². The standard InChI is InChI=1S/C7H7NO2.2C2H6/c1-2-6-7(8-3-1)10-5-4-9-6;2*1-2/h1-3H,4-5H2;2*1-2H3. The van der Waals surface area contributed by atoms with Crippen molar-refractivity contribution in [2.75, 3.05) is 13.2 Å².